The fraction of sp³-hybridized carbons (Fsp3) is 0.154. The van der Waals surface area contributed by atoms with Crippen molar-refractivity contribution in [3.63, 3.8) is 0 Å². The highest BCUT2D eigenvalue weighted by atomic mass is 16.1. The lowest BCUT2D eigenvalue weighted by atomic mass is 10.1. The number of rotatable bonds is 2. The molecule has 2 heterocycles. The fourth-order valence-electron chi connectivity index (χ4n) is 1.84. The molecule has 3 aromatic rings. The van der Waals surface area contributed by atoms with Crippen LogP contribution in [-0.4, -0.2) is 19.9 Å². The molecule has 0 aliphatic rings. The summed E-state index contributed by atoms with van der Waals surface area (Å²) < 4.78 is 0. The maximum atomic E-state index is 11.1. The van der Waals surface area contributed by atoms with Crippen molar-refractivity contribution in [2.24, 2.45) is 0 Å². The number of aromatic nitrogens is 4. The average molecular weight is 240 g/mol. The van der Waals surface area contributed by atoms with Crippen LogP contribution >= 0.6 is 0 Å². The Morgan fingerprint density at radius 3 is 2.72 bits per heavy atom. The van der Waals surface area contributed by atoms with Crippen LogP contribution in [0.4, 0.5) is 0 Å². The summed E-state index contributed by atoms with van der Waals surface area (Å²) in [5.41, 5.74) is 3.31. The van der Waals surface area contributed by atoms with Crippen molar-refractivity contribution < 1.29 is 0 Å². The first-order valence-corrected chi connectivity index (χ1v) is 5.70. The second-order valence-electron chi connectivity index (χ2n) is 4.29. The molecule has 5 heteroatoms. The Kier molecular flexibility index (Phi) is 2.44. The van der Waals surface area contributed by atoms with Gasteiger partial charge in [-0.2, -0.15) is 0 Å². The highest BCUT2D eigenvalue weighted by Gasteiger charge is 2.04. The predicted octanol–water partition coefficient (Wildman–Crippen LogP) is 1.55. The monoisotopic (exact) mass is 240 g/mol. The van der Waals surface area contributed by atoms with Crippen molar-refractivity contribution in [3.05, 3.63) is 57.9 Å². The fourth-order valence-corrected chi connectivity index (χ4v) is 1.84. The van der Waals surface area contributed by atoms with Crippen LogP contribution in [0.1, 0.15) is 17.0 Å². The van der Waals surface area contributed by atoms with Gasteiger partial charge in [-0.1, -0.05) is 29.8 Å². The Bertz CT molecular complexity index is 740. The van der Waals surface area contributed by atoms with Crippen LogP contribution in [0, 0.1) is 6.92 Å². The molecular formula is C13H12N4O. The second kappa shape index (κ2) is 4.10. The Morgan fingerprint density at radius 1 is 1.17 bits per heavy atom. The van der Waals surface area contributed by atoms with E-state index in [1.54, 1.807) is 6.20 Å². The quantitative estimate of drug-likeness (QED) is 0.713. The highest BCUT2D eigenvalue weighted by molar-refractivity contribution is 5.68. The standard InChI is InChI=1S/C13H12N4O/c1-8-2-4-9(5-3-8)6-11-14-7-10-12(16-11)17-13(18)15-10/h2-5,7H,6H2,1H3,(H2,14,15,16,17,18). The van der Waals surface area contributed by atoms with Crippen molar-refractivity contribution in [2.45, 2.75) is 13.3 Å². The van der Waals surface area contributed by atoms with E-state index in [1.165, 1.54) is 5.56 Å². The van der Waals surface area contributed by atoms with Gasteiger partial charge in [0.2, 0.25) is 0 Å². The number of fused-ring (bicyclic) bond motifs is 1. The summed E-state index contributed by atoms with van der Waals surface area (Å²) >= 11 is 0. The van der Waals surface area contributed by atoms with Gasteiger partial charge in [0.1, 0.15) is 11.3 Å². The van der Waals surface area contributed by atoms with E-state index in [0.717, 1.165) is 5.56 Å². The van der Waals surface area contributed by atoms with Gasteiger partial charge in [-0.05, 0) is 12.5 Å². The third kappa shape index (κ3) is 2.02. The number of nitrogens with zero attached hydrogens (tertiary/aromatic N) is 2. The summed E-state index contributed by atoms with van der Waals surface area (Å²) in [6.07, 6.45) is 2.28. The summed E-state index contributed by atoms with van der Waals surface area (Å²) in [5.74, 6) is 0.696. The zero-order chi connectivity index (χ0) is 12.5. The molecule has 90 valence electrons. The second-order valence-corrected chi connectivity index (χ2v) is 4.29. The van der Waals surface area contributed by atoms with Crippen LogP contribution in [0.3, 0.4) is 0 Å². The van der Waals surface area contributed by atoms with Gasteiger partial charge in [-0.25, -0.2) is 14.8 Å². The van der Waals surface area contributed by atoms with E-state index in [-0.39, 0.29) is 5.69 Å². The van der Waals surface area contributed by atoms with Gasteiger partial charge in [0, 0.05) is 6.42 Å². The van der Waals surface area contributed by atoms with Gasteiger partial charge in [-0.15, -0.1) is 0 Å². The van der Waals surface area contributed by atoms with Crippen molar-refractivity contribution >= 4 is 11.2 Å². The summed E-state index contributed by atoms with van der Waals surface area (Å²) in [6.45, 7) is 2.05. The van der Waals surface area contributed by atoms with Crippen LogP contribution in [0.25, 0.3) is 11.2 Å². The van der Waals surface area contributed by atoms with Gasteiger partial charge >= 0.3 is 5.69 Å². The molecule has 5 nitrogen and oxygen atoms in total. The first-order valence-electron chi connectivity index (χ1n) is 5.70. The molecule has 0 spiro atoms. The van der Waals surface area contributed by atoms with Gasteiger partial charge < -0.3 is 4.98 Å². The van der Waals surface area contributed by atoms with Crippen LogP contribution in [0.2, 0.25) is 0 Å². The molecule has 0 unspecified atom stereocenters. The maximum Gasteiger partial charge on any atom is 0.325 e. The Hall–Kier alpha value is -2.43. The lowest BCUT2D eigenvalue weighted by Crippen LogP contribution is -1.99. The van der Waals surface area contributed by atoms with Crippen LogP contribution < -0.4 is 5.69 Å². The molecule has 2 N–H and O–H groups in total. The predicted molar refractivity (Wildman–Crippen MR) is 68.5 cm³/mol. The zero-order valence-corrected chi connectivity index (χ0v) is 9.90. The van der Waals surface area contributed by atoms with E-state index in [2.05, 4.69) is 51.1 Å². The first-order chi connectivity index (χ1) is 8.70. The van der Waals surface area contributed by atoms with Gasteiger partial charge in [0.05, 0.1) is 6.20 Å². The number of H-pyrrole nitrogens is 2. The largest absolute Gasteiger partial charge is 0.325 e. The Labute approximate surface area is 103 Å². The molecule has 1 aromatic carbocycles. The van der Waals surface area contributed by atoms with Crippen LogP contribution in [-0.2, 0) is 6.42 Å². The van der Waals surface area contributed by atoms with Gasteiger partial charge in [0.15, 0.2) is 5.65 Å². The van der Waals surface area contributed by atoms with E-state index in [1.807, 2.05) is 0 Å². The third-order valence-electron chi connectivity index (χ3n) is 2.80. The minimum absolute atomic E-state index is 0.258. The molecule has 2 aromatic heterocycles. The molecular weight excluding hydrogens is 228 g/mol. The van der Waals surface area contributed by atoms with Crippen molar-refractivity contribution in [2.75, 3.05) is 0 Å². The Morgan fingerprint density at radius 2 is 1.94 bits per heavy atom. The summed E-state index contributed by atoms with van der Waals surface area (Å²) in [7, 11) is 0. The van der Waals surface area contributed by atoms with E-state index in [4.69, 9.17) is 0 Å². The SMILES string of the molecule is Cc1ccc(Cc2ncc3[nH]c(=O)[nH]c3n2)cc1. The molecule has 3 rings (SSSR count). The molecule has 0 saturated heterocycles. The lowest BCUT2D eigenvalue weighted by Gasteiger charge is -2.01. The number of aromatic amines is 2. The van der Waals surface area contributed by atoms with E-state index in [9.17, 15) is 4.79 Å². The third-order valence-corrected chi connectivity index (χ3v) is 2.80. The smallest absolute Gasteiger partial charge is 0.303 e. The normalized spacial score (nSPS) is 10.9. The maximum absolute atomic E-state index is 11.1. The molecule has 0 bridgehead atoms. The number of imidazole rings is 1. The molecule has 0 saturated carbocycles. The lowest BCUT2D eigenvalue weighted by molar-refractivity contribution is 0.985. The van der Waals surface area contributed by atoms with Crippen LogP contribution in [0.5, 0.6) is 0 Å². The number of nitrogens with one attached hydrogen (secondary N) is 2. The Balaban J connectivity index is 1.94. The molecule has 18 heavy (non-hydrogen) atoms. The number of hydrogen-bond acceptors (Lipinski definition) is 3. The minimum atomic E-state index is -0.258. The average Bonchev–Trinajstić information content (AvgIpc) is 2.71. The molecule has 0 fully saturated rings. The molecule has 0 atom stereocenters. The van der Waals surface area contributed by atoms with Gasteiger partial charge in [0.25, 0.3) is 0 Å². The van der Waals surface area contributed by atoms with E-state index in [0.29, 0.717) is 23.4 Å². The molecule has 0 aliphatic carbocycles. The van der Waals surface area contributed by atoms with Gasteiger partial charge in [-0.3, -0.25) is 4.98 Å². The zero-order valence-electron chi connectivity index (χ0n) is 9.90. The summed E-state index contributed by atoms with van der Waals surface area (Å²) in [6, 6.07) is 8.24. The molecule has 0 radical (unpaired) electrons. The number of hydrogen-bond donors (Lipinski definition) is 2. The van der Waals surface area contributed by atoms with E-state index >= 15 is 0 Å². The van der Waals surface area contributed by atoms with Crippen LogP contribution in [0.15, 0.2) is 35.3 Å². The first kappa shape index (κ1) is 10.7. The van der Waals surface area contributed by atoms with Crippen molar-refractivity contribution in [1.82, 2.24) is 19.9 Å². The van der Waals surface area contributed by atoms with E-state index < -0.39 is 0 Å². The molecule has 0 aliphatic heterocycles. The summed E-state index contributed by atoms with van der Waals surface area (Å²) in [5, 5.41) is 0. The number of aryl methyl sites for hydroxylation is 1. The summed E-state index contributed by atoms with van der Waals surface area (Å²) in [4.78, 5) is 24.9. The highest BCUT2D eigenvalue weighted by Crippen LogP contribution is 2.09. The topological polar surface area (TPSA) is 74.4 Å². The molecule has 0 amide bonds. The van der Waals surface area contributed by atoms with Crippen molar-refractivity contribution in [3.8, 4) is 0 Å². The number of benzene rings is 1. The van der Waals surface area contributed by atoms with Crippen molar-refractivity contribution in [1.29, 1.82) is 0 Å². The minimum Gasteiger partial charge on any atom is -0.303 e.